The first-order chi connectivity index (χ1) is 17.9. The molecule has 5 rings (SSSR count). The molecule has 1 aromatic heterocycles. The monoisotopic (exact) mass is 518 g/mol. The first-order valence-electron chi connectivity index (χ1n) is 13.1. The maximum Gasteiger partial charge on any atom is 0.411 e. The molecule has 8 heteroatoms. The van der Waals surface area contributed by atoms with E-state index < -0.39 is 16.9 Å². The van der Waals surface area contributed by atoms with Crippen molar-refractivity contribution in [3.63, 3.8) is 0 Å². The highest BCUT2D eigenvalue weighted by Crippen LogP contribution is 2.42. The van der Waals surface area contributed by atoms with E-state index in [1.807, 2.05) is 66.4 Å². The maximum absolute atomic E-state index is 13.8. The smallest absolute Gasteiger partial charge is 0.411 e. The summed E-state index contributed by atoms with van der Waals surface area (Å²) in [7, 11) is 0. The Kier molecular flexibility index (Phi) is 6.63. The van der Waals surface area contributed by atoms with Crippen LogP contribution in [-0.4, -0.2) is 57.0 Å². The van der Waals surface area contributed by atoms with Crippen LogP contribution in [0.25, 0.3) is 11.1 Å². The minimum atomic E-state index is -1.17. The summed E-state index contributed by atoms with van der Waals surface area (Å²) in [6.07, 6.45) is 4.01. The lowest BCUT2D eigenvalue weighted by atomic mass is 9.80. The van der Waals surface area contributed by atoms with Crippen molar-refractivity contribution in [3.05, 3.63) is 78.1 Å². The first-order valence-corrected chi connectivity index (χ1v) is 13.1. The molecule has 2 saturated heterocycles. The van der Waals surface area contributed by atoms with Crippen LogP contribution >= 0.6 is 0 Å². The Morgan fingerprint density at radius 2 is 1.68 bits per heavy atom. The van der Waals surface area contributed by atoms with Crippen molar-refractivity contribution in [1.29, 1.82) is 0 Å². The zero-order chi connectivity index (χ0) is 27.1. The number of hydrogen-bond acceptors (Lipinski definition) is 6. The predicted molar refractivity (Wildman–Crippen MR) is 144 cm³/mol. The Bertz CT molecular complexity index is 1270. The third-order valence-corrected chi connectivity index (χ3v) is 7.45. The van der Waals surface area contributed by atoms with Gasteiger partial charge in [-0.3, -0.25) is 0 Å². The number of carbonyl (C=O) groups is 1. The van der Waals surface area contributed by atoms with Crippen LogP contribution in [0.3, 0.4) is 0 Å². The Labute approximate surface area is 223 Å². The van der Waals surface area contributed by atoms with Gasteiger partial charge in [0, 0.05) is 37.3 Å². The number of benzene rings is 2. The average molecular weight is 519 g/mol. The Morgan fingerprint density at radius 3 is 2.24 bits per heavy atom. The Morgan fingerprint density at radius 1 is 1.05 bits per heavy atom. The molecule has 2 aromatic carbocycles. The molecule has 0 bridgehead atoms. The fourth-order valence-electron chi connectivity index (χ4n) is 5.55. The number of nitrogens with zero attached hydrogens (tertiary/aromatic N) is 4. The summed E-state index contributed by atoms with van der Waals surface area (Å²) in [5.41, 5.74) is 0.670. The van der Waals surface area contributed by atoms with Crippen LogP contribution in [-0.2, 0) is 10.3 Å². The van der Waals surface area contributed by atoms with E-state index in [2.05, 4.69) is 9.97 Å². The lowest BCUT2D eigenvalue weighted by Crippen LogP contribution is -2.57. The average Bonchev–Trinajstić information content (AvgIpc) is 2.87. The number of cyclic esters (lactones) is 1. The number of aromatic nitrogens is 2. The van der Waals surface area contributed by atoms with E-state index in [1.165, 1.54) is 0 Å². The minimum absolute atomic E-state index is 0.187. The molecule has 7 nitrogen and oxygen atoms in total. The van der Waals surface area contributed by atoms with Crippen molar-refractivity contribution in [3.8, 4) is 11.1 Å². The summed E-state index contributed by atoms with van der Waals surface area (Å²) >= 11 is 0. The van der Waals surface area contributed by atoms with Crippen molar-refractivity contribution in [2.75, 3.05) is 24.5 Å². The van der Waals surface area contributed by atoms with E-state index in [9.17, 15) is 14.3 Å². The molecule has 38 heavy (non-hydrogen) atoms. The molecule has 0 saturated carbocycles. The van der Waals surface area contributed by atoms with Crippen LogP contribution in [0, 0.1) is 0 Å². The normalized spacial score (nSPS) is 22.0. The minimum Gasteiger partial charge on any atom is -0.438 e. The number of ether oxygens (including phenoxy) is 1. The fraction of sp³-hybridized carbons (Fsp3) is 0.433. The molecule has 3 heterocycles. The van der Waals surface area contributed by atoms with E-state index >= 15 is 0 Å². The molecule has 2 aliphatic heterocycles. The molecule has 2 unspecified atom stereocenters. The second-order valence-electron chi connectivity index (χ2n) is 11.5. The van der Waals surface area contributed by atoms with Crippen LogP contribution in [0.5, 0.6) is 0 Å². The molecule has 3 aromatic rings. The molecule has 1 amide bonds. The number of alkyl halides is 1. The van der Waals surface area contributed by atoms with Gasteiger partial charge in [0.2, 0.25) is 5.95 Å². The second-order valence-corrected chi connectivity index (χ2v) is 11.5. The van der Waals surface area contributed by atoms with E-state index in [0.29, 0.717) is 38.4 Å². The van der Waals surface area contributed by atoms with Crippen molar-refractivity contribution in [2.24, 2.45) is 0 Å². The van der Waals surface area contributed by atoms with E-state index in [1.54, 1.807) is 38.1 Å². The van der Waals surface area contributed by atoms with Gasteiger partial charge in [0.05, 0.1) is 24.7 Å². The summed E-state index contributed by atoms with van der Waals surface area (Å²) in [4.78, 5) is 25.7. The number of rotatable bonds is 7. The lowest BCUT2D eigenvalue weighted by molar-refractivity contribution is -0.101. The Hall–Kier alpha value is -3.52. The number of aliphatic hydroxyl groups is 1. The largest absolute Gasteiger partial charge is 0.438 e. The molecule has 2 atom stereocenters. The number of anilines is 1. The van der Waals surface area contributed by atoms with Gasteiger partial charge >= 0.3 is 6.09 Å². The number of hydrogen-bond donors (Lipinski definition) is 1. The van der Waals surface area contributed by atoms with Gasteiger partial charge in [-0.15, -0.1) is 0 Å². The predicted octanol–water partition coefficient (Wildman–Crippen LogP) is 5.65. The summed E-state index contributed by atoms with van der Waals surface area (Å²) in [6.45, 7) is 8.18. The number of amides is 1. The maximum atomic E-state index is 13.8. The standard InChI is InChI=1S/C30H35FN4O3/c1-21(35-15-14-30(38-27(35)36,18-28(2,3)37)25-8-6-5-7-9-25)22-10-12-23(13-11-22)24-16-32-26(33-17-24)34-19-29(4,31)20-34/h5-13,16-17,21,37H,14-15,18-20H2,1-4H3. The third kappa shape index (κ3) is 5.36. The van der Waals surface area contributed by atoms with Gasteiger partial charge < -0.3 is 19.6 Å². The molecule has 2 aliphatic rings. The SMILES string of the molecule is CC(c1ccc(-c2cnc(N3CC(C)(F)C3)nc2)cc1)N1CCC(CC(C)(C)O)(c2ccccc2)OC1=O. The number of carbonyl (C=O) groups excluding carboxylic acids is 1. The molecule has 0 radical (unpaired) electrons. The van der Waals surface area contributed by atoms with E-state index in [4.69, 9.17) is 4.74 Å². The first kappa shape index (κ1) is 26.1. The Balaban J connectivity index is 1.28. The summed E-state index contributed by atoms with van der Waals surface area (Å²) in [6, 6.07) is 17.5. The molecule has 200 valence electrons. The molecule has 0 aliphatic carbocycles. The van der Waals surface area contributed by atoms with E-state index in [0.717, 1.165) is 22.3 Å². The van der Waals surface area contributed by atoms with Crippen molar-refractivity contribution >= 4 is 12.0 Å². The van der Waals surface area contributed by atoms with Crippen molar-refractivity contribution in [1.82, 2.24) is 14.9 Å². The van der Waals surface area contributed by atoms with Gasteiger partial charge in [-0.1, -0.05) is 54.6 Å². The summed E-state index contributed by atoms with van der Waals surface area (Å²) in [5, 5.41) is 10.6. The highest BCUT2D eigenvalue weighted by molar-refractivity contribution is 5.70. The van der Waals surface area contributed by atoms with Gasteiger partial charge in [-0.05, 0) is 44.4 Å². The quantitative estimate of drug-likeness (QED) is 0.435. The second kappa shape index (κ2) is 9.66. The van der Waals surface area contributed by atoms with Crippen LogP contribution < -0.4 is 4.90 Å². The zero-order valence-corrected chi connectivity index (χ0v) is 22.4. The van der Waals surface area contributed by atoms with E-state index in [-0.39, 0.29) is 12.1 Å². The topological polar surface area (TPSA) is 78.8 Å². The summed E-state index contributed by atoms with van der Waals surface area (Å²) in [5.74, 6) is 0.536. The number of halogens is 1. The molecule has 2 fully saturated rings. The van der Waals surface area contributed by atoms with Crippen LogP contribution in [0.15, 0.2) is 67.0 Å². The van der Waals surface area contributed by atoms with Gasteiger partial charge in [-0.25, -0.2) is 19.2 Å². The fourth-order valence-corrected chi connectivity index (χ4v) is 5.55. The van der Waals surface area contributed by atoms with Crippen LogP contribution in [0.2, 0.25) is 0 Å². The lowest BCUT2D eigenvalue weighted by Gasteiger charge is -2.45. The van der Waals surface area contributed by atoms with Crippen molar-refractivity contribution in [2.45, 2.75) is 63.4 Å². The molecular weight excluding hydrogens is 483 g/mol. The molecule has 1 N–H and O–H groups in total. The van der Waals surface area contributed by atoms with Gasteiger partial charge in [0.15, 0.2) is 0 Å². The third-order valence-electron chi connectivity index (χ3n) is 7.45. The summed E-state index contributed by atoms with van der Waals surface area (Å²) < 4.78 is 19.9. The highest BCUT2D eigenvalue weighted by Gasteiger charge is 2.46. The van der Waals surface area contributed by atoms with Crippen LogP contribution in [0.1, 0.15) is 57.7 Å². The van der Waals surface area contributed by atoms with Gasteiger partial charge in [-0.2, -0.15) is 0 Å². The zero-order valence-electron chi connectivity index (χ0n) is 22.4. The van der Waals surface area contributed by atoms with Gasteiger partial charge in [0.1, 0.15) is 11.3 Å². The molecular formula is C30H35FN4O3. The van der Waals surface area contributed by atoms with Crippen molar-refractivity contribution < 1.29 is 19.0 Å². The molecule has 0 spiro atoms. The highest BCUT2D eigenvalue weighted by atomic mass is 19.1. The van der Waals surface area contributed by atoms with Crippen LogP contribution in [0.4, 0.5) is 15.1 Å². The van der Waals surface area contributed by atoms with Gasteiger partial charge in [0.25, 0.3) is 0 Å².